The number of aliphatic hydroxyl groups excluding tert-OH is 1. The summed E-state index contributed by atoms with van der Waals surface area (Å²) in [6, 6.07) is 0. The van der Waals surface area contributed by atoms with E-state index >= 15 is 0 Å². The number of esters is 1. The summed E-state index contributed by atoms with van der Waals surface area (Å²) in [5.41, 5.74) is -1.70. The van der Waals surface area contributed by atoms with Crippen LogP contribution >= 0.6 is 0 Å². The second kappa shape index (κ2) is 7.84. The number of carbonyl (C=O) groups excluding carboxylic acids is 1. The van der Waals surface area contributed by atoms with Gasteiger partial charge in [-0.3, -0.25) is 4.79 Å². The highest BCUT2D eigenvalue weighted by Crippen LogP contribution is 2.53. The molecule has 5 atom stereocenters. The van der Waals surface area contributed by atoms with Crippen molar-refractivity contribution in [3.05, 3.63) is 0 Å². The Hall–Kier alpha value is -0.730. The zero-order valence-electron chi connectivity index (χ0n) is 17.7. The lowest BCUT2D eigenvalue weighted by Crippen LogP contribution is -2.60. The van der Waals surface area contributed by atoms with Gasteiger partial charge in [-0.25, -0.2) is 0 Å². The molecule has 2 N–H and O–H groups in total. The Labute approximate surface area is 167 Å². The molecule has 0 radical (unpaired) electrons. The van der Waals surface area contributed by atoms with Gasteiger partial charge in [-0.1, -0.05) is 0 Å². The van der Waals surface area contributed by atoms with Crippen molar-refractivity contribution in [2.75, 3.05) is 6.61 Å². The molecule has 0 unspecified atom stereocenters. The van der Waals surface area contributed by atoms with Gasteiger partial charge in [0.25, 0.3) is 0 Å². The van der Waals surface area contributed by atoms with Gasteiger partial charge in [-0.15, -0.1) is 0 Å². The van der Waals surface area contributed by atoms with Crippen LogP contribution in [0.5, 0.6) is 0 Å². The molecule has 0 bridgehead atoms. The molecule has 3 saturated heterocycles. The van der Waals surface area contributed by atoms with Crippen LogP contribution in [0.2, 0.25) is 0 Å². The topological polar surface area (TPSA) is 94.5 Å². The lowest BCUT2D eigenvalue weighted by Gasteiger charge is -2.50. The zero-order chi connectivity index (χ0) is 20.6. The van der Waals surface area contributed by atoms with Crippen LogP contribution in [0, 0.1) is 0 Å². The first-order valence-electron chi connectivity index (χ1n) is 10.6. The molecule has 2 spiro atoms. The van der Waals surface area contributed by atoms with Crippen LogP contribution in [0.4, 0.5) is 0 Å². The maximum Gasteiger partial charge on any atom is 0.308 e. The van der Waals surface area contributed by atoms with Crippen LogP contribution in [0.1, 0.15) is 85.5 Å². The van der Waals surface area contributed by atoms with Gasteiger partial charge in [0.15, 0.2) is 5.79 Å². The number of rotatable bonds is 4. The highest BCUT2D eigenvalue weighted by molar-refractivity contribution is 5.70. The lowest BCUT2D eigenvalue weighted by molar-refractivity contribution is -0.401. The third-order valence-corrected chi connectivity index (χ3v) is 6.05. The highest BCUT2D eigenvalue weighted by atomic mass is 16.8. The largest absolute Gasteiger partial charge is 0.460 e. The second-order valence-corrected chi connectivity index (χ2v) is 9.75. The van der Waals surface area contributed by atoms with Crippen molar-refractivity contribution >= 4 is 5.97 Å². The van der Waals surface area contributed by atoms with Crippen LogP contribution in [-0.4, -0.2) is 57.8 Å². The molecule has 0 aromatic carbocycles. The molecular formula is C21H36O7. The molecule has 0 amide bonds. The van der Waals surface area contributed by atoms with Crippen molar-refractivity contribution in [1.82, 2.24) is 0 Å². The molecule has 162 valence electrons. The zero-order valence-corrected chi connectivity index (χ0v) is 17.7. The Balaban J connectivity index is 1.69. The standard InChI is InChI=1S/C21H36O7/c1-18(2,3)27-17(23)14-16-7-10-19(4,24)21(26-16)12-11-20(28-21)9-5-6-15(25-20)8-13-22/h15-16,22,24H,5-14H2,1-4H3/t15-,16+,19-,20-,21-/m1/s1. The molecular weight excluding hydrogens is 364 g/mol. The maximum absolute atomic E-state index is 12.2. The fourth-order valence-electron chi connectivity index (χ4n) is 4.65. The summed E-state index contributed by atoms with van der Waals surface area (Å²) in [5.74, 6) is -2.27. The Bertz CT molecular complexity index is 568. The summed E-state index contributed by atoms with van der Waals surface area (Å²) in [7, 11) is 0. The van der Waals surface area contributed by atoms with Gasteiger partial charge in [0.05, 0.1) is 18.6 Å². The van der Waals surface area contributed by atoms with E-state index < -0.39 is 22.8 Å². The smallest absolute Gasteiger partial charge is 0.308 e. The quantitative estimate of drug-likeness (QED) is 0.701. The minimum Gasteiger partial charge on any atom is -0.460 e. The average Bonchev–Trinajstić information content (AvgIpc) is 2.89. The fraction of sp³-hybridized carbons (Fsp3) is 0.952. The van der Waals surface area contributed by atoms with Gasteiger partial charge in [0.1, 0.15) is 11.2 Å². The molecule has 3 fully saturated rings. The number of carbonyl (C=O) groups is 1. The van der Waals surface area contributed by atoms with E-state index in [1.165, 1.54) is 0 Å². The summed E-state index contributed by atoms with van der Waals surface area (Å²) >= 11 is 0. The Morgan fingerprint density at radius 1 is 1.11 bits per heavy atom. The van der Waals surface area contributed by atoms with Crippen LogP contribution in [0.3, 0.4) is 0 Å². The molecule has 0 aromatic heterocycles. The van der Waals surface area contributed by atoms with E-state index in [1.807, 2.05) is 20.8 Å². The van der Waals surface area contributed by atoms with E-state index in [0.717, 1.165) is 19.3 Å². The number of hydrogen-bond acceptors (Lipinski definition) is 7. The Morgan fingerprint density at radius 3 is 2.54 bits per heavy atom. The first kappa shape index (κ1) is 22.0. The van der Waals surface area contributed by atoms with Crippen molar-refractivity contribution in [3.8, 4) is 0 Å². The minimum absolute atomic E-state index is 0.0417. The van der Waals surface area contributed by atoms with Gasteiger partial charge in [0.2, 0.25) is 5.79 Å². The van der Waals surface area contributed by atoms with Crippen molar-refractivity contribution in [2.45, 2.75) is 120 Å². The van der Waals surface area contributed by atoms with E-state index in [9.17, 15) is 15.0 Å². The van der Waals surface area contributed by atoms with Gasteiger partial charge < -0.3 is 29.2 Å². The molecule has 7 nitrogen and oxygen atoms in total. The van der Waals surface area contributed by atoms with E-state index in [4.69, 9.17) is 18.9 Å². The third kappa shape index (κ3) is 4.70. The molecule has 3 aliphatic rings. The summed E-state index contributed by atoms with van der Waals surface area (Å²) in [5, 5.41) is 20.3. The minimum atomic E-state index is -1.18. The van der Waals surface area contributed by atoms with E-state index in [2.05, 4.69) is 0 Å². The van der Waals surface area contributed by atoms with E-state index in [1.54, 1.807) is 6.92 Å². The fourth-order valence-corrected chi connectivity index (χ4v) is 4.65. The lowest BCUT2D eigenvalue weighted by atomic mass is 9.83. The van der Waals surface area contributed by atoms with Gasteiger partial charge in [0, 0.05) is 25.9 Å². The van der Waals surface area contributed by atoms with Gasteiger partial charge in [-0.05, 0) is 59.8 Å². The molecule has 0 aromatic rings. The normalized spacial score (nSPS) is 41.5. The van der Waals surface area contributed by atoms with E-state index in [-0.39, 0.29) is 31.2 Å². The number of hydrogen-bond donors (Lipinski definition) is 2. The molecule has 3 aliphatic heterocycles. The molecule has 3 rings (SSSR count). The molecule has 3 heterocycles. The number of aliphatic hydroxyl groups is 2. The summed E-state index contributed by atoms with van der Waals surface area (Å²) < 4.78 is 24.3. The van der Waals surface area contributed by atoms with Crippen LogP contribution in [0.15, 0.2) is 0 Å². The summed E-state index contributed by atoms with van der Waals surface area (Å²) in [4.78, 5) is 12.2. The summed E-state index contributed by atoms with van der Waals surface area (Å²) in [6.07, 6.45) is 5.10. The average molecular weight is 401 g/mol. The molecule has 0 aliphatic carbocycles. The van der Waals surface area contributed by atoms with Crippen molar-refractivity contribution in [1.29, 1.82) is 0 Å². The number of ether oxygens (including phenoxy) is 4. The van der Waals surface area contributed by atoms with Gasteiger partial charge >= 0.3 is 5.97 Å². The Kier molecular flexibility index (Phi) is 6.15. The maximum atomic E-state index is 12.2. The van der Waals surface area contributed by atoms with Crippen molar-refractivity contribution in [3.63, 3.8) is 0 Å². The molecule has 28 heavy (non-hydrogen) atoms. The van der Waals surface area contributed by atoms with E-state index in [0.29, 0.717) is 32.1 Å². The predicted octanol–water partition coefficient (Wildman–Crippen LogP) is 2.80. The summed E-state index contributed by atoms with van der Waals surface area (Å²) in [6.45, 7) is 7.34. The van der Waals surface area contributed by atoms with Crippen LogP contribution < -0.4 is 0 Å². The first-order chi connectivity index (χ1) is 13.0. The SMILES string of the molecule is CC(C)(C)OC(=O)C[C@@H]1CC[C@@](C)(O)[C@]2(CC[C@@]3(CCC[C@H](CCO)O3)O2)O1. The van der Waals surface area contributed by atoms with Crippen LogP contribution in [0.25, 0.3) is 0 Å². The monoisotopic (exact) mass is 400 g/mol. The predicted molar refractivity (Wildman–Crippen MR) is 101 cm³/mol. The Morgan fingerprint density at radius 2 is 1.86 bits per heavy atom. The van der Waals surface area contributed by atoms with Crippen LogP contribution in [-0.2, 0) is 23.7 Å². The molecule has 7 heteroatoms. The van der Waals surface area contributed by atoms with Gasteiger partial charge in [-0.2, -0.15) is 0 Å². The van der Waals surface area contributed by atoms with Crippen molar-refractivity contribution < 1.29 is 34.0 Å². The second-order valence-electron chi connectivity index (χ2n) is 9.75. The first-order valence-corrected chi connectivity index (χ1v) is 10.6. The molecule has 0 saturated carbocycles. The highest BCUT2D eigenvalue weighted by Gasteiger charge is 2.63. The van der Waals surface area contributed by atoms with Crippen molar-refractivity contribution in [2.24, 2.45) is 0 Å². The third-order valence-electron chi connectivity index (χ3n) is 6.05.